The molecule has 386 valence electrons. The van der Waals surface area contributed by atoms with E-state index in [2.05, 4.69) is 244 Å². The first-order valence-electron chi connectivity index (χ1n) is 29.3. The van der Waals surface area contributed by atoms with E-state index in [-0.39, 0.29) is 44.9 Å². The van der Waals surface area contributed by atoms with Gasteiger partial charge >= 0.3 is 0 Å². The van der Waals surface area contributed by atoms with E-state index in [1.54, 1.807) is 10.8 Å². The minimum absolute atomic E-state index is 0.00837. The minimum Gasteiger partial charge on any atom is -0.335 e. The number of hydrogen-bond acceptors (Lipinski definition) is 2. The third-order valence-electron chi connectivity index (χ3n) is 20.9. The average Bonchev–Trinajstić information content (AvgIpc) is 3.82. The molecule has 7 aromatic carbocycles. The molecule has 6 aliphatic rings. The van der Waals surface area contributed by atoms with Crippen LogP contribution in [0.15, 0.2) is 133 Å². The Balaban J connectivity index is 1.17. The van der Waals surface area contributed by atoms with Crippen molar-refractivity contribution < 1.29 is 0 Å². The number of hydrogen-bond donors (Lipinski definition) is 0. The highest BCUT2D eigenvalue weighted by atomic mass is 28.3. The number of aromatic nitrogens is 1. The molecule has 76 heavy (non-hydrogen) atoms. The van der Waals surface area contributed by atoms with Gasteiger partial charge in [-0.1, -0.05) is 210 Å². The molecule has 5 heteroatoms. The second kappa shape index (κ2) is 15.5. The fraction of sp³-hybridized carbons (Fsp3) is 0.408. The smallest absolute Gasteiger partial charge is 0.252 e. The normalized spacial score (nSPS) is 24.4. The molecule has 0 spiro atoms. The van der Waals surface area contributed by atoms with Crippen LogP contribution in [0.5, 0.6) is 0 Å². The molecule has 14 rings (SSSR count). The van der Waals surface area contributed by atoms with Crippen LogP contribution in [-0.2, 0) is 27.1 Å². The van der Waals surface area contributed by atoms with Crippen LogP contribution in [0, 0.1) is 0 Å². The van der Waals surface area contributed by atoms with E-state index < -0.39 is 8.07 Å². The molecule has 4 aliphatic heterocycles. The molecule has 0 amide bonds. The number of fused-ring (bicyclic) bond motifs is 13. The van der Waals surface area contributed by atoms with E-state index >= 15 is 0 Å². The SMILES string of the molecule is CC(C)(C)c1ccc2c(c1)C1(c3ccccc3)CCCCC1(C)N2c1cc2c3c(c1)-n1c4ccc(C(C)(C)C)cc4c4cc(C(C)(C)C)cc(c41)B3c1cc([Si](C)(C)C)cc3c1N2C1(C)CCCCC31c1ccccc1. The molecule has 4 atom stereocenters. The molecule has 2 fully saturated rings. The average molecular weight is 1010 g/mol. The Labute approximate surface area is 456 Å². The summed E-state index contributed by atoms with van der Waals surface area (Å²) >= 11 is 0. The molecule has 1 aromatic heterocycles. The van der Waals surface area contributed by atoms with Gasteiger partial charge in [0.15, 0.2) is 0 Å². The van der Waals surface area contributed by atoms with Crippen LogP contribution in [0.4, 0.5) is 22.7 Å². The van der Waals surface area contributed by atoms with E-state index in [1.807, 2.05) is 0 Å². The van der Waals surface area contributed by atoms with Crippen molar-refractivity contribution in [1.82, 2.24) is 4.57 Å². The first kappa shape index (κ1) is 48.6. The minimum atomic E-state index is -1.86. The predicted molar refractivity (Wildman–Crippen MR) is 330 cm³/mol. The Morgan fingerprint density at radius 3 is 1.62 bits per heavy atom. The summed E-state index contributed by atoms with van der Waals surface area (Å²) in [6.07, 6.45) is 9.42. The molecule has 0 bridgehead atoms. The van der Waals surface area contributed by atoms with Gasteiger partial charge < -0.3 is 14.4 Å². The highest BCUT2D eigenvalue weighted by Crippen LogP contribution is 2.67. The Morgan fingerprint density at radius 2 is 1.01 bits per heavy atom. The van der Waals surface area contributed by atoms with Crippen LogP contribution in [0.1, 0.15) is 166 Å². The first-order chi connectivity index (χ1) is 35.9. The van der Waals surface area contributed by atoms with Crippen LogP contribution in [0.3, 0.4) is 0 Å². The summed E-state index contributed by atoms with van der Waals surface area (Å²) in [6.45, 7) is 34.8. The molecular formula is C71H80BN3Si. The Bertz CT molecular complexity index is 3760. The lowest BCUT2D eigenvalue weighted by atomic mass is 9.33. The van der Waals surface area contributed by atoms with Gasteiger partial charge in [-0.25, -0.2) is 0 Å². The van der Waals surface area contributed by atoms with Crippen molar-refractivity contribution in [3.05, 3.63) is 172 Å². The monoisotopic (exact) mass is 1010 g/mol. The maximum atomic E-state index is 3.02. The number of anilines is 4. The molecule has 0 N–H and O–H groups in total. The quantitative estimate of drug-likeness (QED) is 0.163. The summed E-state index contributed by atoms with van der Waals surface area (Å²) < 4.78 is 2.78. The summed E-state index contributed by atoms with van der Waals surface area (Å²) in [5, 5.41) is 4.36. The number of rotatable bonds is 4. The predicted octanol–water partition coefficient (Wildman–Crippen LogP) is 15.9. The van der Waals surface area contributed by atoms with Crippen molar-refractivity contribution in [1.29, 1.82) is 0 Å². The van der Waals surface area contributed by atoms with Gasteiger partial charge in [0, 0.05) is 55.6 Å². The van der Waals surface area contributed by atoms with Crippen molar-refractivity contribution in [2.24, 2.45) is 0 Å². The second-order valence-electron chi connectivity index (χ2n) is 29.2. The van der Waals surface area contributed by atoms with Gasteiger partial charge in [0.25, 0.3) is 6.71 Å². The van der Waals surface area contributed by atoms with Crippen LogP contribution in [-0.4, -0.2) is 30.4 Å². The standard InChI is InChI=1S/C71H80BN3Si/c1-65(2,3)47-29-31-58-52(37-47)53-38-49(67(7,8)9)40-56-63(53)73(58)60-41-50(74-59-32-30-48(66(4,5)6)39-54(59)70(45-25-17-15-18-26-45)35-23-21-33-68(70,74)10)42-61-62(60)72(56)57-44-51(76(12,13)14)43-55-64(57)75(61)69(11)34-22-24-36-71(55,69)46-27-19-16-20-28-46/h15-20,25-32,37-44H,21-24,33-36H2,1-14H3. The summed E-state index contributed by atoms with van der Waals surface area (Å²) in [4.78, 5) is 5.93. The molecule has 4 unspecified atom stereocenters. The van der Waals surface area contributed by atoms with E-state index in [0.717, 1.165) is 25.7 Å². The van der Waals surface area contributed by atoms with E-state index in [0.29, 0.717) is 0 Å². The third kappa shape index (κ3) is 6.13. The summed E-state index contributed by atoms with van der Waals surface area (Å²) in [7, 11) is -1.86. The Kier molecular flexibility index (Phi) is 9.90. The number of benzene rings is 7. The van der Waals surface area contributed by atoms with Gasteiger partial charge in [-0.2, -0.15) is 0 Å². The van der Waals surface area contributed by atoms with Crippen LogP contribution < -0.4 is 31.4 Å². The van der Waals surface area contributed by atoms with Crippen LogP contribution in [0.2, 0.25) is 19.6 Å². The molecule has 5 heterocycles. The molecule has 0 radical (unpaired) electrons. The van der Waals surface area contributed by atoms with Gasteiger partial charge in [0.1, 0.15) is 0 Å². The summed E-state index contributed by atoms with van der Waals surface area (Å²) in [5.74, 6) is 0. The maximum absolute atomic E-state index is 3.02. The molecule has 8 aromatic rings. The zero-order valence-electron chi connectivity index (χ0n) is 48.3. The van der Waals surface area contributed by atoms with Gasteiger partial charge in [-0.3, -0.25) is 0 Å². The van der Waals surface area contributed by atoms with Gasteiger partial charge in [0.2, 0.25) is 0 Å². The van der Waals surface area contributed by atoms with E-state index in [4.69, 9.17) is 0 Å². The zero-order valence-corrected chi connectivity index (χ0v) is 49.3. The highest BCUT2D eigenvalue weighted by Gasteiger charge is 2.66. The van der Waals surface area contributed by atoms with Crippen molar-refractivity contribution in [3.63, 3.8) is 0 Å². The Morgan fingerprint density at radius 1 is 0.474 bits per heavy atom. The van der Waals surface area contributed by atoms with Crippen molar-refractivity contribution in [2.45, 2.75) is 185 Å². The molecule has 2 saturated carbocycles. The highest BCUT2D eigenvalue weighted by molar-refractivity contribution is 7.01. The van der Waals surface area contributed by atoms with Gasteiger partial charge in [0.05, 0.1) is 24.7 Å². The lowest BCUT2D eigenvalue weighted by Crippen LogP contribution is -2.65. The van der Waals surface area contributed by atoms with Gasteiger partial charge in [-0.15, -0.1) is 0 Å². The van der Waals surface area contributed by atoms with Gasteiger partial charge in [-0.05, 0) is 148 Å². The molecule has 0 saturated heterocycles. The molecule has 3 nitrogen and oxygen atoms in total. The summed E-state index contributed by atoms with van der Waals surface area (Å²) in [6, 6.07) is 55.1. The number of nitrogens with zero attached hydrogens (tertiary/aromatic N) is 3. The largest absolute Gasteiger partial charge is 0.335 e. The fourth-order valence-electron chi connectivity index (χ4n) is 17.0. The fourth-order valence-corrected chi connectivity index (χ4v) is 18.1. The van der Waals surface area contributed by atoms with E-state index in [1.165, 1.54) is 126 Å². The zero-order chi connectivity index (χ0) is 53.1. The second-order valence-corrected chi connectivity index (χ2v) is 34.3. The third-order valence-corrected chi connectivity index (χ3v) is 23.0. The summed E-state index contributed by atoms with van der Waals surface area (Å²) in [5.41, 5.74) is 23.7. The molecule has 2 aliphatic carbocycles. The first-order valence-corrected chi connectivity index (χ1v) is 32.8. The van der Waals surface area contributed by atoms with Crippen LogP contribution in [0.25, 0.3) is 27.5 Å². The Hall–Kier alpha value is -5.78. The van der Waals surface area contributed by atoms with Crippen molar-refractivity contribution in [3.8, 4) is 5.69 Å². The lowest BCUT2D eigenvalue weighted by Gasteiger charge is -2.54. The maximum Gasteiger partial charge on any atom is 0.252 e. The van der Waals surface area contributed by atoms with E-state index in [9.17, 15) is 0 Å². The molecular weight excluding hydrogens is 934 g/mol. The van der Waals surface area contributed by atoms with Crippen LogP contribution >= 0.6 is 0 Å². The van der Waals surface area contributed by atoms with Crippen molar-refractivity contribution in [2.75, 3.05) is 9.80 Å². The lowest BCUT2D eigenvalue weighted by molar-refractivity contribution is 0.214. The topological polar surface area (TPSA) is 11.4 Å². The van der Waals surface area contributed by atoms with Crippen molar-refractivity contribution >= 4 is 80.9 Å².